The van der Waals surface area contributed by atoms with Gasteiger partial charge in [0.05, 0.1) is 0 Å². The van der Waals surface area contributed by atoms with Gasteiger partial charge in [-0.3, -0.25) is 0 Å². The average Bonchev–Trinajstić information content (AvgIpc) is 2.97. The van der Waals surface area contributed by atoms with E-state index in [4.69, 9.17) is 5.73 Å². The molecule has 0 aliphatic carbocycles. The van der Waals surface area contributed by atoms with E-state index in [9.17, 15) is 4.39 Å². The van der Waals surface area contributed by atoms with Crippen molar-refractivity contribution in [2.75, 3.05) is 0 Å². The highest BCUT2D eigenvalue weighted by molar-refractivity contribution is 5.53. The van der Waals surface area contributed by atoms with Gasteiger partial charge in [0.1, 0.15) is 5.69 Å². The molecule has 0 saturated heterocycles. The Morgan fingerprint density at radius 1 is 1.10 bits per heavy atom. The van der Waals surface area contributed by atoms with E-state index in [2.05, 4.69) is 15.4 Å². The van der Waals surface area contributed by atoms with Crippen molar-refractivity contribution in [3.8, 4) is 17.1 Å². The SMILES string of the molecule is CC(N)c1cccc(F)c1-n1nnc(-c2ccccc2)n1. The third-order valence-electron chi connectivity index (χ3n) is 3.15. The Morgan fingerprint density at radius 2 is 1.86 bits per heavy atom. The second-order valence-electron chi connectivity index (χ2n) is 4.73. The van der Waals surface area contributed by atoms with Gasteiger partial charge in [-0.05, 0) is 23.8 Å². The van der Waals surface area contributed by atoms with Gasteiger partial charge in [0.15, 0.2) is 5.82 Å². The zero-order valence-electron chi connectivity index (χ0n) is 11.4. The van der Waals surface area contributed by atoms with Crippen molar-refractivity contribution < 1.29 is 4.39 Å². The van der Waals surface area contributed by atoms with Gasteiger partial charge >= 0.3 is 0 Å². The Balaban J connectivity index is 2.09. The van der Waals surface area contributed by atoms with Crippen molar-refractivity contribution in [2.24, 2.45) is 5.73 Å². The van der Waals surface area contributed by atoms with Crippen LogP contribution in [0, 0.1) is 5.82 Å². The summed E-state index contributed by atoms with van der Waals surface area (Å²) >= 11 is 0. The molecule has 5 nitrogen and oxygen atoms in total. The first kappa shape index (κ1) is 13.4. The van der Waals surface area contributed by atoms with Crippen molar-refractivity contribution in [1.82, 2.24) is 20.2 Å². The summed E-state index contributed by atoms with van der Waals surface area (Å²) in [6.45, 7) is 1.79. The van der Waals surface area contributed by atoms with E-state index in [0.717, 1.165) is 5.56 Å². The molecule has 6 heteroatoms. The Morgan fingerprint density at radius 3 is 2.57 bits per heavy atom. The number of nitrogens with zero attached hydrogens (tertiary/aromatic N) is 4. The molecular weight excluding hydrogens is 269 g/mol. The largest absolute Gasteiger partial charge is 0.324 e. The highest BCUT2D eigenvalue weighted by Gasteiger charge is 2.17. The fourth-order valence-corrected chi connectivity index (χ4v) is 2.12. The van der Waals surface area contributed by atoms with Gasteiger partial charge in [0.2, 0.25) is 5.82 Å². The lowest BCUT2D eigenvalue weighted by molar-refractivity contribution is 0.582. The fraction of sp³-hybridized carbons (Fsp3) is 0.133. The molecule has 3 rings (SSSR count). The molecule has 2 aromatic carbocycles. The standard InChI is InChI=1S/C15H14FN5/c1-10(17)12-8-5-9-13(16)14(12)21-19-15(18-20-21)11-6-3-2-4-7-11/h2-10H,17H2,1H3. The van der Waals surface area contributed by atoms with Gasteiger partial charge in [0, 0.05) is 11.6 Å². The second-order valence-corrected chi connectivity index (χ2v) is 4.73. The quantitative estimate of drug-likeness (QED) is 0.801. The highest BCUT2D eigenvalue weighted by Crippen LogP contribution is 2.23. The first-order valence-corrected chi connectivity index (χ1v) is 6.56. The topological polar surface area (TPSA) is 69.6 Å². The van der Waals surface area contributed by atoms with Crippen LogP contribution in [0.4, 0.5) is 4.39 Å². The lowest BCUT2D eigenvalue weighted by atomic mass is 10.1. The van der Waals surface area contributed by atoms with E-state index >= 15 is 0 Å². The van der Waals surface area contributed by atoms with E-state index in [1.54, 1.807) is 19.1 Å². The van der Waals surface area contributed by atoms with E-state index in [-0.39, 0.29) is 11.7 Å². The normalized spacial score (nSPS) is 12.3. The zero-order chi connectivity index (χ0) is 14.8. The molecule has 106 valence electrons. The van der Waals surface area contributed by atoms with Crippen LogP contribution in [0.25, 0.3) is 17.1 Å². The van der Waals surface area contributed by atoms with E-state index in [1.165, 1.54) is 10.9 Å². The lowest BCUT2D eigenvalue weighted by Crippen LogP contribution is -2.13. The van der Waals surface area contributed by atoms with Crippen LogP contribution in [0.1, 0.15) is 18.5 Å². The number of tetrazole rings is 1. The Bertz CT molecular complexity index is 752. The minimum absolute atomic E-state index is 0.238. The molecule has 1 atom stereocenters. The molecule has 21 heavy (non-hydrogen) atoms. The minimum atomic E-state index is -0.429. The highest BCUT2D eigenvalue weighted by atomic mass is 19.1. The molecule has 3 aromatic rings. The van der Waals surface area contributed by atoms with Gasteiger partial charge in [-0.2, -0.15) is 0 Å². The maximum Gasteiger partial charge on any atom is 0.205 e. The van der Waals surface area contributed by atoms with E-state index in [0.29, 0.717) is 11.4 Å². The van der Waals surface area contributed by atoms with Crippen LogP contribution in [0.5, 0.6) is 0 Å². The summed E-state index contributed by atoms with van der Waals surface area (Å²) in [7, 11) is 0. The second kappa shape index (κ2) is 5.41. The first-order chi connectivity index (χ1) is 10.2. The summed E-state index contributed by atoms with van der Waals surface area (Å²) in [5, 5.41) is 12.2. The number of rotatable bonds is 3. The number of nitrogens with two attached hydrogens (primary N) is 1. The summed E-state index contributed by atoms with van der Waals surface area (Å²) < 4.78 is 14.1. The molecule has 0 spiro atoms. The molecule has 2 N–H and O–H groups in total. The van der Waals surface area contributed by atoms with Crippen LogP contribution in [0.2, 0.25) is 0 Å². The average molecular weight is 283 g/mol. The fourth-order valence-electron chi connectivity index (χ4n) is 2.12. The molecule has 0 amide bonds. The number of para-hydroxylation sites is 1. The van der Waals surface area contributed by atoms with Crippen LogP contribution in [0.3, 0.4) is 0 Å². The van der Waals surface area contributed by atoms with Gasteiger partial charge in [-0.1, -0.05) is 42.5 Å². The monoisotopic (exact) mass is 283 g/mol. The van der Waals surface area contributed by atoms with Gasteiger partial charge in [-0.15, -0.1) is 15.0 Å². The number of benzene rings is 2. The molecule has 0 aliphatic heterocycles. The molecule has 0 aliphatic rings. The van der Waals surface area contributed by atoms with E-state index in [1.807, 2.05) is 30.3 Å². The maximum atomic E-state index is 14.1. The Hall–Kier alpha value is -2.60. The number of aromatic nitrogens is 4. The number of hydrogen-bond acceptors (Lipinski definition) is 4. The lowest BCUT2D eigenvalue weighted by Gasteiger charge is -2.11. The first-order valence-electron chi connectivity index (χ1n) is 6.56. The molecule has 0 saturated carbocycles. The van der Waals surface area contributed by atoms with Crippen LogP contribution >= 0.6 is 0 Å². The molecule has 1 unspecified atom stereocenters. The molecule has 1 aromatic heterocycles. The summed E-state index contributed by atoms with van der Waals surface area (Å²) in [6, 6.07) is 13.8. The Kier molecular flexibility index (Phi) is 3.45. The predicted octanol–water partition coefficient (Wildman–Crippen LogP) is 2.49. The van der Waals surface area contributed by atoms with Crippen molar-refractivity contribution in [2.45, 2.75) is 13.0 Å². The van der Waals surface area contributed by atoms with Crippen LogP contribution in [0.15, 0.2) is 48.5 Å². The molecule has 0 fully saturated rings. The van der Waals surface area contributed by atoms with Crippen molar-refractivity contribution in [3.63, 3.8) is 0 Å². The molecular formula is C15H14FN5. The maximum absolute atomic E-state index is 14.1. The molecule has 0 bridgehead atoms. The number of hydrogen-bond donors (Lipinski definition) is 1. The summed E-state index contributed by atoms with van der Waals surface area (Å²) in [6.07, 6.45) is 0. The molecule has 1 heterocycles. The van der Waals surface area contributed by atoms with E-state index < -0.39 is 5.82 Å². The van der Waals surface area contributed by atoms with Crippen molar-refractivity contribution >= 4 is 0 Å². The van der Waals surface area contributed by atoms with Crippen LogP contribution < -0.4 is 5.73 Å². The molecule has 0 radical (unpaired) electrons. The van der Waals surface area contributed by atoms with Gasteiger partial charge in [-0.25, -0.2) is 4.39 Å². The van der Waals surface area contributed by atoms with Crippen LogP contribution in [-0.2, 0) is 0 Å². The summed E-state index contributed by atoms with van der Waals surface area (Å²) in [5.41, 5.74) is 7.57. The van der Waals surface area contributed by atoms with Gasteiger partial charge in [0.25, 0.3) is 0 Å². The van der Waals surface area contributed by atoms with Crippen molar-refractivity contribution in [3.05, 3.63) is 59.9 Å². The summed E-state index contributed by atoms with van der Waals surface area (Å²) in [5.74, 6) is 0.0105. The third-order valence-corrected chi connectivity index (χ3v) is 3.15. The minimum Gasteiger partial charge on any atom is -0.324 e. The van der Waals surface area contributed by atoms with Gasteiger partial charge < -0.3 is 5.73 Å². The Labute approximate surface area is 121 Å². The predicted molar refractivity (Wildman–Crippen MR) is 77.2 cm³/mol. The number of halogens is 1. The zero-order valence-corrected chi connectivity index (χ0v) is 11.4. The third kappa shape index (κ3) is 2.53. The van der Waals surface area contributed by atoms with Crippen molar-refractivity contribution in [1.29, 1.82) is 0 Å². The van der Waals surface area contributed by atoms with Crippen LogP contribution in [-0.4, -0.2) is 20.2 Å². The summed E-state index contributed by atoms with van der Waals surface area (Å²) in [4.78, 5) is 1.19. The smallest absolute Gasteiger partial charge is 0.205 e.